The molecule has 166 valence electrons. The number of hydrogen-bond acceptors (Lipinski definition) is 4. The molecule has 6 nitrogen and oxygen atoms in total. The van der Waals surface area contributed by atoms with Crippen LogP contribution in [-0.4, -0.2) is 36.7 Å². The highest BCUT2D eigenvalue weighted by molar-refractivity contribution is 7.89. The zero-order valence-corrected chi connectivity index (χ0v) is 18.2. The lowest BCUT2D eigenvalue weighted by Gasteiger charge is -2.31. The summed E-state index contributed by atoms with van der Waals surface area (Å²) in [5, 5.41) is 3.12. The number of piperidine rings is 1. The van der Waals surface area contributed by atoms with Crippen molar-refractivity contribution in [1.29, 1.82) is 0 Å². The first-order valence-corrected chi connectivity index (χ1v) is 11.9. The molecule has 1 amide bonds. The van der Waals surface area contributed by atoms with Crippen LogP contribution >= 0.6 is 0 Å². The van der Waals surface area contributed by atoms with Gasteiger partial charge in [-0.25, -0.2) is 12.8 Å². The van der Waals surface area contributed by atoms with Gasteiger partial charge >= 0.3 is 0 Å². The molecule has 1 atom stereocenters. The minimum atomic E-state index is -3.93. The molecule has 0 spiro atoms. The van der Waals surface area contributed by atoms with Crippen molar-refractivity contribution < 1.29 is 17.6 Å². The smallest absolute Gasteiger partial charge is 0.245 e. The fourth-order valence-corrected chi connectivity index (χ4v) is 5.51. The van der Waals surface area contributed by atoms with Crippen molar-refractivity contribution in [1.82, 2.24) is 14.6 Å². The van der Waals surface area contributed by atoms with Gasteiger partial charge in [0.2, 0.25) is 15.9 Å². The van der Waals surface area contributed by atoms with Crippen LogP contribution in [0.15, 0.2) is 84.0 Å². The van der Waals surface area contributed by atoms with E-state index in [2.05, 4.69) is 10.3 Å². The number of hydrogen-bond donors (Lipinski definition) is 1. The van der Waals surface area contributed by atoms with Crippen LogP contribution in [0.2, 0.25) is 0 Å². The SMILES string of the molecule is O=C(NC(c1ccccc1)c1ccncc1)C1CCN(S(=O)(=O)c2ccccc2F)CC1. The Bertz CT molecular complexity index is 1130. The van der Waals surface area contributed by atoms with E-state index in [0.717, 1.165) is 17.2 Å². The van der Waals surface area contributed by atoms with Gasteiger partial charge in [0.25, 0.3) is 0 Å². The minimum absolute atomic E-state index is 0.126. The summed E-state index contributed by atoms with van der Waals surface area (Å²) in [7, 11) is -3.93. The molecule has 3 aromatic rings. The van der Waals surface area contributed by atoms with Gasteiger partial charge < -0.3 is 5.32 Å². The van der Waals surface area contributed by atoms with E-state index in [1.165, 1.54) is 22.5 Å². The van der Waals surface area contributed by atoms with Gasteiger partial charge in [-0.3, -0.25) is 9.78 Å². The molecule has 4 rings (SSSR count). The number of nitrogens with zero attached hydrogens (tertiary/aromatic N) is 2. The number of amides is 1. The Labute approximate surface area is 187 Å². The number of pyridine rings is 1. The van der Waals surface area contributed by atoms with Crippen LogP contribution in [0.4, 0.5) is 4.39 Å². The maximum absolute atomic E-state index is 14.0. The second-order valence-corrected chi connectivity index (χ2v) is 9.65. The fourth-order valence-electron chi connectivity index (χ4n) is 3.97. The van der Waals surface area contributed by atoms with Crippen LogP contribution in [0.25, 0.3) is 0 Å². The van der Waals surface area contributed by atoms with Gasteiger partial charge in [-0.1, -0.05) is 42.5 Å². The number of rotatable bonds is 6. The van der Waals surface area contributed by atoms with Crippen molar-refractivity contribution in [3.05, 3.63) is 96.1 Å². The first-order chi connectivity index (χ1) is 15.5. The summed E-state index contributed by atoms with van der Waals surface area (Å²) in [6, 6.07) is 18.4. The van der Waals surface area contributed by atoms with Gasteiger partial charge in [0.1, 0.15) is 10.7 Å². The maximum Gasteiger partial charge on any atom is 0.245 e. The van der Waals surface area contributed by atoms with E-state index in [1.807, 2.05) is 42.5 Å². The zero-order valence-electron chi connectivity index (χ0n) is 17.4. The Balaban J connectivity index is 1.45. The van der Waals surface area contributed by atoms with Gasteiger partial charge in [0.05, 0.1) is 6.04 Å². The summed E-state index contributed by atoms with van der Waals surface area (Å²) in [5.74, 6) is -1.22. The summed E-state index contributed by atoms with van der Waals surface area (Å²) in [6.45, 7) is 0.333. The molecule has 1 unspecified atom stereocenters. The van der Waals surface area contributed by atoms with Crippen LogP contribution in [-0.2, 0) is 14.8 Å². The Hall–Kier alpha value is -3.10. The van der Waals surface area contributed by atoms with E-state index in [-0.39, 0.29) is 35.9 Å². The molecule has 0 aliphatic carbocycles. The molecule has 1 aliphatic rings. The third kappa shape index (κ3) is 4.71. The van der Waals surface area contributed by atoms with E-state index in [4.69, 9.17) is 0 Å². The molecule has 2 aromatic carbocycles. The molecule has 2 heterocycles. The van der Waals surface area contributed by atoms with Crippen molar-refractivity contribution in [3.8, 4) is 0 Å². The first-order valence-electron chi connectivity index (χ1n) is 10.5. The second kappa shape index (κ2) is 9.58. The quantitative estimate of drug-likeness (QED) is 0.619. The van der Waals surface area contributed by atoms with Crippen LogP contribution in [0.3, 0.4) is 0 Å². The molecular weight excluding hydrogens is 429 g/mol. The topological polar surface area (TPSA) is 79.4 Å². The number of nitrogens with one attached hydrogen (secondary N) is 1. The predicted octanol–water partition coefficient (Wildman–Crippen LogP) is 3.53. The largest absolute Gasteiger partial charge is 0.345 e. The molecule has 8 heteroatoms. The second-order valence-electron chi connectivity index (χ2n) is 7.74. The molecule has 1 aromatic heterocycles. The Morgan fingerprint density at radius 2 is 1.53 bits per heavy atom. The van der Waals surface area contributed by atoms with Crippen molar-refractivity contribution in [2.24, 2.45) is 5.92 Å². The number of sulfonamides is 1. The molecule has 32 heavy (non-hydrogen) atoms. The summed E-state index contributed by atoms with van der Waals surface area (Å²) >= 11 is 0. The van der Waals surface area contributed by atoms with Crippen molar-refractivity contribution >= 4 is 15.9 Å². The first kappa shape index (κ1) is 22.1. The molecule has 0 bridgehead atoms. The zero-order chi connectivity index (χ0) is 22.6. The number of carbonyl (C=O) groups excluding carboxylic acids is 1. The molecule has 1 fully saturated rings. The van der Waals surface area contributed by atoms with Gasteiger partial charge in [-0.05, 0) is 48.2 Å². The Morgan fingerprint density at radius 1 is 0.938 bits per heavy atom. The van der Waals surface area contributed by atoms with Crippen LogP contribution < -0.4 is 5.32 Å². The van der Waals surface area contributed by atoms with E-state index >= 15 is 0 Å². The summed E-state index contributed by atoms with van der Waals surface area (Å²) < 4.78 is 40.9. The lowest BCUT2D eigenvalue weighted by atomic mass is 9.94. The van der Waals surface area contributed by atoms with Crippen LogP contribution in [0.1, 0.15) is 30.0 Å². The summed E-state index contributed by atoms with van der Waals surface area (Å²) in [6.07, 6.45) is 4.11. The standard InChI is InChI=1S/C24H24FN3O3S/c25-21-8-4-5-9-22(21)32(30,31)28-16-12-20(13-17-28)24(29)27-23(18-6-2-1-3-7-18)19-10-14-26-15-11-19/h1-11,14-15,20,23H,12-13,16-17H2,(H,27,29). The Morgan fingerprint density at radius 3 is 2.19 bits per heavy atom. The number of aromatic nitrogens is 1. The molecule has 1 aliphatic heterocycles. The molecule has 1 saturated heterocycles. The number of halogens is 1. The van der Waals surface area contributed by atoms with Crippen molar-refractivity contribution in [2.45, 2.75) is 23.8 Å². The third-order valence-electron chi connectivity index (χ3n) is 5.74. The van der Waals surface area contributed by atoms with Gasteiger partial charge in [0, 0.05) is 31.4 Å². The van der Waals surface area contributed by atoms with Crippen LogP contribution in [0.5, 0.6) is 0 Å². The van der Waals surface area contributed by atoms with E-state index < -0.39 is 15.8 Å². The third-order valence-corrected chi connectivity index (χ3v) is 7.67. The van der Waals surface area contributed by atoms with E-state index in [1.54, 1.807) is 12.4 Å². The fraction of sp³-hybridized carbons (Fsp3) is 0.250. The molecule has 1 N–H and O–H groups in total. The van der Waals surface area contributed by atoms with Crippen molar-refractivity contribution in [3.63, 3.8) is 0 Å². The normalized spacial score (nSPS) is 16.4. The number of carbonyl (C=O) groups is 1. The molecule has 0 radical (unpaired) electrons. The lowest BCUT2D eigenvalue weighted by Crippen LogP contribution is -2.44. The highest BCUT2D eigenvalue weighted by Crippen LogP contribution is 2.27. The highest BCUT2D eigenvalue weighted by atomic mass is 32.2. The monoisotopic (exact) mass is 453 g/mol. The molecule has 0 saturated carbocycles. The summed E-state index contributed by atoms with van der Waals surface area (Å²) in [5.41, 5.74) is 1.87. The molecular formula is C24H24FN3O3S. The number of benzene rings is 2. The average molecular weight is 454 g/mol. The Kier molecular flexibility index (Phi) is 6.62. The van der Waals surface area contributed by atoms with E-state index in [9.17, 15) is 17.6 Å². The van der Waals surface area contributed by atoms with Crippen molar-refractivity contribution in [2.75, 3.05) is 13.1 Å². The summed E-state index contributed by atoms with van der Waals surface area (Å²) in [4.78, 5) is 16.8. The maximum atomic E-state index is 14.0. The lowest BCUT2D eigenvalue weighted by molar-refractivity contribution is -0.126. The minimum Gasteiger partial charge on any atom is -0.345 e. The van der Waals surface area contributed by atoms with Crippen LogP contribution in [0, 0.1) is 11.7 Å². The van der Waals surface area contributed by atoms with Gasteiger partial charge in [-0.15, -0.1) is 0 Å². The van der Waals surface area contributed by atoms with E-state index in [0.29, 0.717) is 12.8 Å². The average Bonchev–Trinajstić information content (AvgIpc) is 2.84. The highest BCUT2D eigenvalue weighted by Gasteiger charge is 2.34. The predicted molar refractivity (Wildman–Crippen MR) is 119 cm³/mol. The van der Waals surface area contributed by atoms with Gasteiger partial charge in [-0.2, -0.15) is 4.31 Å². The van der Waals surface area contributed by atoms with Gasteiger partial charge in [0.15, 0.2) is 0 Å².